The van der Waals surface area contributed by atoms with Gasteiger partial charge in [-0.2, -0.15) is 0 Å². The molecule has 0 bridgehead atoms. The summed E-state index contributed by atoms with van der Waals surface area (Å²) in [6.07, 6.45) is 6.20. The van der Waals surface area contributed by atoms with E-state index in [4.69, 9.17) is 4.74 Å². The van der Waals surface area contributed by atoms with Gasteiger partial charge >= 0.3 is 0 Å². The molecule has 2 fully saturated rings. The Labute approximate surface area is 123 Å². The molecule has 20 heavy (non-hydrogen) atoms. The van der Waals surface area contributed by atoms with Crippen LogP contribution in [0.4, 0.5) is 0 Å². The second-order valence-corrected chi connectivity index (χ2v) is 7.19. The van der Waals surface area contributed by atoms with E-state index in [1.165, 1.54) is 25.7 Å². The maximum Gasteiger partial charge on any atom is 0.0611 e. The van der Waals surface area contributed by atoms with Gasteiger partial charge in [0.2, 0.25) is 0 Å². The topological polar surface area (TPSA) is 44.7 Å². The van der Waals surface area contributed by atoms with Gasteiger partial charge in [0.15, 0.2) is 0 Å². The molecule has 2 N–H and O–H groups in total. The first-order chi connectivity index (χ1) is 9.52. The highest BCUT2D eigenvalue weighted by Gasteiger charge is 2.33. The van der Waals surface area contributed by atoms with Crippen molar-refractivity contribution >= 4 is 0 Å². The first-order valence-corrected chi connectivity index (χ1v) is 8.19. The molecule has 0 amide bonds. The van der Waals surface area contributed by atoms with Crippen molar-refractivity contribution in [2.75, 3.05) is 33.4 Å². The zero-order valence-corrected chi connectivity index (χ0v) is 13.4. The second kappa shape index (κ2) is 7.21. The van der Waals surface area contributed by atoms with Gasteiger partial charge in [-0.3, -0.25) is 0 Å². The average Bonchev–Trinajstić information content (AvgIpc) is 3.29. The Morgan fingerprint density at radius 3 is 2.60 bits per heavy atom. The van der Waals surface area contributed by atoms with Crippen molar-refractivity contribution in [3.8, 4) is 0 Å². The van der Waals surface area contributed by atoms with Gasteiger partial charge in [0.1, 0.15) is 0 Å². The number of hydrogen-bond donors (Lipinski definition) is 2. The second-order valence-electron chi connectivity index (χ2n) is 7.19. The lowest BCUT2D eigenvalue weighted by molar-refractivity contribution is 0.0787. The van der Waals surface area contributed by atoms with Crippen molar-refractivity contribution in [2.24, 2.45) is 5.92 Å². The molecule has 0 radical (unpaired) electrons. The summed E-state index contributed by atoms with van der Waals surface area (Å²) in [5.41, 5.74) is -0.149. The van der Waals surface area contributed by atoms with E-state index in [9.17, 15) is 5.11 Å². The predicted octanol–water partition coefficient (Wildman–Crippen LogP) is 1.63. The average molecular weight is 284 g/mol. The van der Waals surface area contributed by atoms with Crippen LogP contribution in [0.3, 0.4) is 0 Å². The first-order valence-electron chi connectivity index (χ1n) is 8.19. The molecule has 2 rings (SSSR count). The molecule has 2 aliphatic rings. The Morgan fingerprint density at radius 1 is 1.35 bits per heavy atom. The van der Waals surface area contributed by atoms with Crippen molar-refractivity contribution < 1.29 is 9.84 Å². The predicted molar refractivity (Wildman–Crippen MR) is 81.9 cm³/mol. The van der Waals surface area contributed by atoms with Crippen LogP contribution in [0.15, 0.2) is 0 Å². The number of nitrogens with zero attached hydrogens (tertiary/aromatic N) is 1. The summed E-state index contributed by atoms with van der Waals surface area (Å²) in [4.78, 5) is 2.34. The zero-order chi connectivity index (χ0) is 14.6. The number of aliphatic hydroxyl groups excluding tert-OH is 1. The highest BCUT2D eigenvalue weighted by molar-refractivity contribution is 4.94. The highest BCUT2D eigenvalue weighted by atomic mass is 16.5. The minimum atomic E-state index is -0.149. The molecule has 2 unspecified atom stereocenters. The molecule has 0 aromatic heterocycles. The van der Waals surface area contributed by atoms with Gasteiger partial charge < -0.3 is 20.1 Å². The molecule has 0 heterocycles. The lowest BCUT2D eigenvalue weighted by Gasteiger charge is -2.35. The minimum Gasteiger partial charge on any atom is -0.394 e. The third-order valence-corrected chi connectivity index (χ3v) is 4.62. The molecule has 2 atom stereocenters. The van der Waals surface area contributed by atoms with E-state index in [-0.39, 0.29) is 12.1 Å². The molecule has 4 nitrogen and oxygen atoms in total. The number of likely N-dealkylation sites (N-methyl/N-ethyl adjacent to an activating group) is 1. The van der Waals surface area contributed by atoms with Gasteiger partial charge in [0.05, 0.1) is 13.2 Å². The molecule has 2 aliphatic carbocycles. The minimum absolute atomic E-state index is 0.149. The Balaban J connectivity index is 1.63. The SMILES string of the molecule is CC(CC(C)(CO)NC1CC1)N(C)CCOCC1CC1. The van der Waals surface area contributed by atoms with Crippen LogP contribution in [0.5, 0.6) is 0 Å². The van der Waals surface area contributed by atoms with Gasteiger partial charge in [-0.05, 0) is 58.9 Å². The fraction of sp³-hybridized carbons (Fsp3) is 1.00. The molecule has 2 saturated carbocycles. The summed E-state index contributed by atoms with van der Waals surface area (Å²) >= 11 is 0. The number of nitrogens with one attached hydrogen (secondary N) is 1. The van der Waals surface area contributed by atoms with Crippen molar-refractivity contribution in [3.05, 3.63) is 0 Å². The molecule has 0 aromatic rings. The Hall–Kier alpha value is -0.160. The Bertz CT molecular complexity index is 292. The van der Waals surface area contributed by atoms with Gasteiger partial charge in [-0.25, -0.2) is 0 Å². The van der Waals surface area contributed by atoms with Gasteiger partial charge in [-0.1, -0.05) is 0 Å². The van der Waals surface area contributed by atoms with E-state index in [0.29, 0.717) is 12.1 Å². The summed E-state index contributed by atoms with van der Waals surface area (Å²) < 4.78 is 5.70. The van der Waals surface area contributed by atoms with E-state index in [1.54, 1.807) is 0 Å². The van der Waals surface area contributed by atoms with Crippen LogP contribution in [0.2, 0.25) is 0 Å². The number of aliphatic hydroxyl groups is 1. The van der Waals surface area contributed by atoms with Crippen molar-refractivity contribution in [1.82, 2.24) is 10.2 Å². The molecule has 0 aromatic carbocycles. The molecule has 0 saturated heterocycles. The third-order valence-electron chi connectivity index (χ3n) is 4.62. The maximum absolute atomic E-state index is 9.67. The van der Waals surface area contributed by atoms with E-state index in [2.05, 4.69) is 31.1 Å². The van der Waals surface area contributed by atoms with Crippen LogP contribution in [0, 0.1) is 5.92 Å². The van der Waals surface area contributed by atoms with Crippen molar-refractivity contribution in [2.45, 2.75) is 63.6 Å². The highest BCUT2D eigenvalue weighted by Crippen LogP contribution is 2.28. The summed E-state index contributed by atoms with van der Waals surface area (Å²) in [5, 5.41) is 13.3. The molecular formula is C16H32N2O2. The lowest BCUT2D eigenvalue weighted by atomic mass is 9.93. The Kier molecular flexibility index (Phi) is 5.84. The van der Waals surface area contributed by atoms with Gasteiger partial charge in [0.25, 0.3) is 0 Å². The molecule has 118 valence electrons. The van der Waals surface area contributed by atoms with Crippen molar-refractivity contribution in [1.29, 1.82) is 0 Å². The fourth-order valence-corrected chi connectivity index (χ4v) is 2.66. The lowest BCUT2D eigenvalue weighted by Crippen LogP contribution is -2.51. The monoisotopic (exact) mass is 284 g/mol. The summed E-state index contributed by atoms with van der Waals surface area (Å²) in [5.74, 6) is 0.846. The summed E-state index contributed by atoms with van der Waals surface area (Å²) in [6, 6.07) is 1.08. The van der Waals surface area contributed by atoms with Crippen LogP contribution in [-0.2, 0) is 4.74 Å². The quantitative estimate of drug-likeness (QED) is 0.566. The number of hydrogen-bond acceptors (Lipinski definition) is 4. The van der Waals surface area contributed by atoms with Crippen LogP contribution in [0.1, 0.15) is 46.0 Å². The largest absolute Gasteiger partial charge is 0.394 e. The fourth-order valence-electron chi connectivity index (χ4n) is 2.66. The number of rotatable bonds is 11. The summed E-state index contributed by atoms with van der Waals surface area (Å²) in [6.45, 7) is 7.32. The van der Waals surface area contributed by atoms with Crippen LogP contribution in [0.25, 0.3) is 0 Å². The molecular weight excluding hydrogens is 252 g/mol. The van der Waals surface area contributed by atoms with Gasteiger partial charge in [0, 0.05) is 30.8 Å². The zero-order valence-electron chi connectivity index (χ0n) is 13.4. The third kappa shape index (κ3) is 5.68. The molecule has 0 aliphatic heterocycles. The standard InChI is InChI=1S/C16H32N2O2/c1-13(10-16(2,12-19)17-15-6-7-15)18(3)8-9-20-11-14-4-5-14/h13-15,17,19H,4-12H2,1-3H3. The van der Waals surface area contributed by atoms with Crippen LogP contribution < -0.4 is 5.32 Å². The first kappa shape index (κ1) is 16.2. The van der Waals surface area contributed by atoms with Gasteiger partial charge in [-0.15, -0.1) is 0 Å². The van der Waals surface area contributed by atoms with Crippen LogP contribution in [-0.4, -0.2) is 61.0 Å². The van der Waals surface area contributed by atoms with E-state index >= 15 is 0 Å². The maximum atomic E-state index is 9.67. The Morgan fingerprint density at radius 2 is 2.05 bits per heavy atom. The summed E-state index contributed by atoms with van der Waals surface area (Å²) in [7, 11) is 2.15. The van der Waals surface area contributed by atoms with Crippen LogP contribution >= 0.6 is 0 Å². The van der Waals surface area contributed by atoms with E-state index in [0.717, 1.165) is 32.1 Å². The smallest absolute Gasteiger partial charge is 0.0611 e. The molecule has 4 heteroatoms. The van der Waals surface area contributed by atoms with E-state index in [1.807, 2.05) is 0 Å². The normalized spacial score (nSPS) is 23.9. The number of ether oxygens (including phenoxy) is 1. The molecule has 0 spiro atoms. The van der Waals surface area contributed by atoms with Crippen molar-refractivity contribution in [3.63, 3.8) is 0 Å². The van der Waals surface area contributed by atoms with E-state index < -0.39 is 0 Å².